The molecule has 1 saturated carbocycles. The first kappa shape index (κ1) is 11.8. The lowest BCUT2D eigenvalue weighted by molar-refractivity contribution is -0.122. The van der Waals surface area contributed by atoms with E-state index < -0.39 is 0 Å². The van der Waals surface area contributed by atoms with Gasteiger partial charge in [-0.05, 0) is 25.0 Å². The third-order valence-electron chi connectivity index (χ3n) is 4.34. The Bertz CT molecular complexity index is 495. The Hall–Kier alpha value is -1.22. The van der Waals surface area contributed by atoms with E-state index in [9.17, 15) is 4.79 Å². The summed E-state index contributed by atoms with van der Waals surface area (Å²) in [7, 11) is 2.01. The Morgan fingerprint density at radius 3 is 2.72 bits per heavy atom. The lowest BCUT2D eigenvalue weighted by Crippen LogP contribution is -2.59. The third-order valence-corrected chi connectivity index (χ3v) is 4.65. The first-order chi connectivity index (χ1) is 8.65. The van der Waals surface area contributed by atoms with Gasteiger partial charge < -0.3 is 10.2 Å². The van der Waals surface area contributed by atoms with Gasteiger partial charge in [-0.15, -0.1) is 0 Å². The fraction of sp³-hybridized carbons (Fsp3) is 0.500. The maximum absolute atomic E-state index is 12.5. The number of rotatable bonds is 0. The van der Waals surface area contributed by atoms with Crippen molar-refractivity contribution in [2.24, 2.45) is 0 Å². The molecule has 0 radical (unpaired) electrons. The van der Waals surface area contributed by atoms with Crippen molar-refractivity contribution < 1.29 is 4.79 Å². The molecule has 1 aromatic rings. The molecule has 0 unspecified atom stereocenters. The van der Waals surface area contributed by atoms with Gasteiger partial charge in [0.2, 0.25) is 5.91 Å². The largest absolute Gasteiger partial charge is 0.358 e. The Balaban J connectivity index is 2.09. The van der Waals surface area contributed by atoms with E-state index in [1.807, 2.05) is 25.2 Å². The van der Waals surface area contributed by atoms with E-state index in [4.69, 9.17) is 11.6 Å². The molecular formula is C14H17ClN2O. The van der Waals surface area contributed by atoms with Crippen LogP contribution in [0, 0.1) is 0 Å². The molecule has 1 heterocycles. The Morgan fingerprint density at radius 2 is 2.00 bits per heavy atom. The molecule has 1 fully saturated rings. The predicted molar refractivity (Wildman–Crippen MR) is 74.3 cm³/mol. The highest BCUT2D eigenvalue weighted by Crippen LogP contribution is 2.45. The molecule has 1 aliphatic carbocycles. The number of amides is 1. The average Bonchev–Trinajstić information content (AvgIpc) is 2.39. The number of hydrogen-bond donors (Lipinski definition) is 1. The van der Waals surface area contributed by atoms with Crippen LogP contribution in [-0.4, -0.2) is 18.5 Å². The number of nitrogens with zero attached hydrogens (tertiary/aromatic N) is 1. The van der Waals surface area contributed by atoms with Crippen LogP contribution in [0.4, 0.5) is 11.4 Å². The highest BCUT2D eigenvalue weighted by atomic mass is 35.5. The summed E-state index contributed by atoms with van der Waals surface area (Å²) in [6.07, 6.45) is 5.33. The molecule has 18 heavy (non-hydrogen) atoms. The van der Waals surface area contributed by atoms with E-state index in [0.29, 0.717) is 5.02 Å². The maximum atomic E-state index is 12.5. The zero-order valence-electron chi connectivity index (χ0n) is 10.5. The van der Waals surface area contributed by atoms with Crippen molar-refractivity contribution in [2.45, 2.75) is 37.6 Å². The molecule has 0 bridgehead atoms. The van der Waals surface area contributed by atoms with E-state index >= 15 is 0 Å². The Kier molecular flexibility index (Phi) is 2.74. The summed E-state index contributed by atoms with van der Waals surface area (Å²) < 4.78 is 0. The van der Waals surface area contributed by atoms with Gasteiger partial charge in [-0.3, -0.25) is 4.79 Å². The first-order valence-corrected chi connectivity index (χ1v) is 6.87. The number of para-hydroxylation sites is 1. The molecule has 1 aromatic carbocycles. The summed E-state index contributed by atoms with van der Waals surface area (Å²) >= 11 is 6.16. The third kappa shape index (κ3) is 1.53. The van der Waals surface area contributed by atoms with Crippen molar-refractivity contribution in [1.29, 1.82) is 0 Å². The molecule has 3 nitrogen and oxygen atoms in total. The standard InChI is InChI=1S/C14H17ClN2O/c1-17-11-7-5-6-10(15)12(11)16-13(18)14(17)8-3-2-4-9-14/h5-7H,2-4,8-9H2,1H3,(H,16,18). The summed E-state index contributed by atoms with van der Waals surface area (Å²) in [5.41, 5.74) is 1.42. The summed E-state index contributed by atoms with van der Waals surface area (Å²) in [5, 5.41) is 3.62. The van der Waals surface area contributed by atoms with Gasteiger partial charge in [-0.2, -0.15) is 0 Å². The number of hydrogen-bond acceptors (Lipinski definition) is 2. The van der Waals surface area contributed by atoms with E-state index in [1.54, 1.807) is 0 Å². The quantitative estimate of drug-likeness (QED) is 0.779. The zero-order valence-corrected chi connectivity index (χ0v) is 11.3. The number of likely N-dealkylation sites (N-methyl/N-ethyl adjacent to an activating group) is 1. The highest BCUT2D eigenvalue weighted by molar-refractivity contribution is 6.35. The van der Waals surface area contributed by atoms with Gasteiger partial charge in [-0.1, -0.05) is 36.9 Å². The van der Waals surface area contributed by atoms with Crippen molar-refractivity contribution in [1.82, 2.24) is 0 Å². The lowest BCUT2D eigenvalue weighted by Gasteiger charge is -2.48. The number of halogens is 1. The van der Waals surface area contributed by atoms with Crippen molar-refractivity contribution in [3.05, 3.63) is 23.2 Å². The van der Waals surface area contributed by atoms with Crippen LogP contribution in [-0.2, 0) is 4.79 Å². The number of benzene rings is 1. The minimum atomic E-state index is -0.365. The number of fused-ring (bicyclic) bond motifs is 1. The van der Waals surface area contributed by atoms with Gasteiger partial charge in [0.1, 0.15) is 5.54 Å². The molecule has 2 aliphatic rings. The fourth-order valence-corrected chi connectivity index (χ4v) is 3.44. The normalized spacial score (nSPS) is 21.7. The van der Waals surface area contributed by atoms with Crippen molar-refractivity contribution in [3.63, 3.8) is 0 Å². The van der Waals surface area contributed by atoms with Crippen LogP contribution in [0.3, 0.4) is 0 Å². The minimum Gasteiger partial charge on any atom is -0.358 e. The number of anilines is 2. The van der Waals surface area contributed by atoms with Crippen molar-refractivity contribution in [2.75, 3.05) is 17.3 Å². The van der Waals surface area contributed by atoms with E-state index in [2.05, 4.69) is 10.2 Å². The van der Waals surface area contributed by atoms with Crippen LogP contribution < -0.4 is 10.2 Å². The molecule has 4 heteroatoms. The monoisotopic (exact) mass is 264 g/mol. The van der Waals surface area contributed by atoms with Gasteiger partial charge in [0.05, 0.1) is 16.4 Å². The van der Waals surface area contributed by atoms with Gasteiger partial charge in [0.15, 0.2) is 0 Å². The summed E-state index contributed by atoms with van der Waals surface area (Å²) in [4.78, 5) is 14.6. The van der Waals surface area contributed by atoms with Gasteiger partial charge in [-0.25, -0.2) is 0 Å². The van der Waals surface area contributed by atoms with Crippen LogP contribution in [0.15, 0.2) is 18.2 Å². The Morgan fingerprint density at radius 1 is 1.28 bits per heavy atom. The molecule has 0 saturated heterocycles. The first-order valence-electron chi connectivity index (χ1n) is 6.49. The minimum absolute atomic E-state index is 0.102. The van der Waals surface area contributed by atoms with Crippen LogP contribution in [0.1, 0.15) is 32.1 Å². The van der Waals surface area contributed by atoms with E-state index in [1.165, 1.54) is 6.42 Å². The van der Waals surface area contributed by atoms with Crippen molar-refractivity contribution >= 4 is 28.9 Å². The summed E-state index contributed by atoms with van der Waals surface area (Å²) in [5.74, 6) is 0.102. The number of nitrogens with one attached hydrogen (secondary N) is 1. The molecule has 1 N–H and O–H groups in total. The van der Waals surface area contributed by atoms with Gasteiger partial charge in [0, 0.05) is 7.05 Å². The molecule has 1 aliphatic heterocycles. The zero-order chi connectivity index (χ0) is 12.8. The SMILES string of the molecule is CN1c2cccc(Cl)c2NC(=O)C12CCCCC2. The second-order valence-electron chi connectivity index (χ2n) is 5.24. The van der Waals surface area contributed by atoms with Crippen LogP contribution >= 0.6 is 11.6 Å². The van der Waals surface area contributed by atoms with Gasteiger partial charge >= 0.3 is 0 Å². The maximum Gasteiger partial charge on any atom is 0.250 e. The van der Waals surface area contributed by atoms with Crippen LogP contribution in [0.5, 0.6) is 0 Å². The fourth-order valence-electron chi connectivity index (χ4n) is 3.23. The van der Waals surface area contributed by atoms with Crippen LogP contribution in [0.2, 0.25) is 5.02 Å². The predicted octanol–water partition coefficient (Wildman–Crippen LogP) is 3.43. The second kappa shape index (κ2) is 4.16. The number of carbonyl (C=O) groups excluding carboxylic acids is 1. The highest BCUT2D eigenvalue weighted by Gasteiger charge is 2.47. The average molecular weight is 265 g/mol. The molecule has 3 rings (SSSR count). The van der Waals surface area contributed by atoms with E-state index in [0.717, 1.165) is 37.1 Å². The molecular weight excluding hydrogens is 248 g/mol. The summed E-state index contributed by atoms with van der Waals surface area (Å²) in [6, 6.07) is 5.77. The molecule has 1 amide bonds. The number of carbonyl (C=O) groups is 1. The van der Waals surface area contributed by atoms with Crippen molar-refractivity contribution in [3.8, 4) is 0 Å². The lowest BCUT2D eigenvalue weighted by atomic mass is 9.78. The molecule has 96 valence electrons. The van der Waals surface area contributed by atoms with Crippen LogP contribution in [0.25, 0.3) is 0 Å². The topological polar surface area (TPSA) is 32.3 Å². The van der Waals surface area contributed by atoms with Gasteiger partial charge in [0.25, 0.3) is 0 Å². The molecule has 1 spiro atoms. The summed E-state index contributed by atoms with van der Waals surface area (Å²) in [6.45, 7) is 0. The molecule has 0 aromatic heterocycles. The Labute approximate surface area is 112 Å². The smallest absolute Gasteiger partial charge is 0.250 e. The molecule has 0 atom stereocenters. The van der Waals surface area contributed by atoms with E-state index in [-0.39, 0.29) is 11.4 Å². The second-order valence-corrected chi connectivity index (χ2v) is 5.65.